The van der Waals surface area contributed by atoms with Crippen molar-refractivity contribution in [1.82, 2.24) is 5.32 Å². The van der Waals surface area contributed by atoms with Crippen LogP contribution in [-0.4, -0.2) is 47.4 Å². The number of carbonyl (C=O) groups excluding carboxylic acids is 2. The van der Waals surface area contributed by atoms with Gasteiger partial charge in [-0.05, 0) is 83.5 Å². The summed E-state index contributed by atoms with van der Waals surface area (Å²) in [7, 11) is 0. The van der Waals surface area contributed by atoms with Crippen molar-refractivity contribution in [3.05, 3.63) is 36.5 Å². The number of ether oxygens (including phenoxy) is 1. The summed E-state index contributed by atoms with van der Waals surface area (Å²) in [6.07, 6.45) is 87.6. The molecule has 0 spiro atoms. The molecule has 0 aliphatic carbocycles. The summed E-state index contributed by atoms with van der Waals surface area (Å²) < 4.78 is 5.51. The lowest BCUT2D eigenvalue weighted by Gasteiger charge is -2.22. The molecule has 0 aromatic heterocycles. The molecular weight excluding hydrogens is 971 g/mol. The van der Waals surface area contributed by atoms with Gasteiger partial charge in [0.15, 0.2) is 0 Å². The fourth-order valence-corrected chi connectivity index (χ4v) is 11.2. The maximum absolute atomic E-state index is 12.5. The minimum absolute atomic E-state index is 0.0111. The van der Waals surface area contributed by atoms with E-state index < -0.39 is 12.1 Å². The van der Waals surface area contributed by atoms with E-state index in [0.717, 1.165) is 51.4 Å². The van der Waals surface area contributed by atoms with E-state index in [4.69, 9.17) is 4.74 Å². The molecule has 6 nitrogen and oxygen atoms in total. The second kappa shape index (κ2) is 68.6. The van der Waals surface area contributed by atoms with Crippen LogP contribution in [0.1, 0.15) is 393 Å². The molecule has 0 fully saturated rings. The summed E-state index contributed by atoms with van der Waals surface area (Å²) >= 11 is 0. The van der Waals surface area contributed by atoms with Gasteiger partial charge in [0.1, 0.15) is 0 Å². The monoisotopic (exact) mass is 1110 g/mol. The second-order valence-corrected chi connectivity index (χ2v) is 24.6. The molecule has 0 bridgehead atoms. The maximum Gasteiger partial charge on any atom is 0.305 e. The molecular formula is C73H139NO5. The van der Waals surface area contributed by atoms with Crippen molar-refractivity contribution in [3.63, 3.8) is 0 Å². The molecule has 466 valence electrons. The summed E-state index contributed by atoms with van der Waals surface area (Å²) in [5.74, 6) is -0.0226. The summed E-state index contributed by atoms with van der Waals surface area (Å²) in [5.41, 5.74) is 0. The van der Waals surface area contributed by atoms with Crippen LogP contribution < -0.4 is 5.32 Å². The van der Waals surface area contributed by atoms with Gasteiger partial charge in [-0.2, -0.15) is 0 Å². The summed E-state index contributed by atoms with van der Waals surface area (Å²) in [6.45, 7) is 4.96. The van der Waals surface area contributed by atoms with Gasteiger partial charge in [-0.25, -0.2) is 0 Å². The van der Waals surface area contributed by atoms with Crippen molar-refractivity contribution in [2.45, 2.75) is 405 Å². The normalized spacial score (nSPS) is 12.7. The predicted octanol–water partition coefficient (Wildman–Crippen LogP) is 23.1. The average Bonchev–Trinajstić information content (AvgIpc) is 3.45. The number of hydrogen-bond acceptors (Lipinski definition) is 5. The van der Waals surface area contributed by atoms with E-state index in [1.165, 1.54) is 308 Å². The third-order valence-electron chi connectivity index (χ3n) is 16.7. The minimum atomic E-state index is -0.666. The lowest BCUT2D eigenvalue weighted by atomic mass is 10.0. The second-order valence-electron chi connectivity index (χ2n) is 24.6. The summed E-state index contributed by atoms with van der Waals surface area (Å²) in [4.78, 5) is 24.6. The zero-order valence-electron chi connectivity index (χ0n) is 53.4. The molecule has 2 unspecified atom stereocenters. The van der Waals surface area contributed by atoms with Gasteiger partial charge < -0.3 is 20.3 Å². The van der Waals surface area contributed by atoms with Crippen molar-refractivity contribution in [2.24, 2.45) is 0 Å². The first-order valence-corrected chi connectivity index (χ1v) is 35.7. The number of nitrogens with one attached hydrogen (secondary N) is 1. The van der Waals surface area contributed by atoms with E-state index in [2.05, 4.69) is 55.6 Å². The van der Waals surface area contributed by atoms with Crippen molar-refractivity contribution in [1.29, 1.82) is 0 Å². The Balaban J connectivity index is 3.38. The number of allylic oxidation sites excluding steroid dienone is 6. The number of amides is 1. The maximum atomic E-state index is 12.5. The van der Waals surface area contributed by atoms with Gasteiger partial charge in [0.2, 0.25) is 5.91 Å². The van der Waals surface area contributed by atoms with E-state index in [1.807, 2.05) is 0 Å². The number of unbranched alkanes of at least 4 members (excludes halogenated alkanes) is 50. The molecule has 0 aromatic carbocycles. The Bertz CT molecular complexity index is 1280. The highest BCUT2D eigenvalue weighted by atomic mass is 16.5. The van der Waals surface area contributed by atoms with Crippen LogP contribution in [0.15, 0.2) is 36.5 Å². The lowest BCUT2D eigenvalue weighted by Crippen LogP contribution is -2.45. The zero-order valence-corrected chi connectivity index (χ0v) is 53.4. The van der Waals surface area contributed by atoms with E-state index in [0.29, 0.717) is 25.9 Å². The molecule has 0 saturated carbocycles. The smallest absolute Gasteiger partial charge is 0.305 e. The number of aliphatic hydroxyl groups excluding tert-OH is 2. The first kappa shape index (κ1) is 77.1. The number of esters is 1. The van der Waals surface area contributed by atoms with Crippen LogP contribution in [0.2, 0.25) is 0 Å². The molecule has 3 N–H and O–H groups in total. The summed E-state index contributed by atoms with van der Waals surface area (Å²) in [6, 6.07) is -0.543. The van der Waals surface area contributed by atoms with Gasteiger partial charge >= 0.3 is 5.97 Å². The van der Waals surface area contributed by atoms with E-state index >= 15 is 0 Å². The quantitative estimate of drug-likeness (QED) is 0.0320. The highest BCUT2D eigenvalue weighted by Gasteiger charge is 2.20. The molecule has 2 atom stereocenters. The van der Waals surface area contributed by atoms with Crippen LogP contribution >= 0.6 is 0 Å². The highest BCUT2D eigenvalue weighted by molar-refractivity contribution is 5.76. The van der Waals surface area contributed by atoms with Crippen LogP contribution in [0.3, 0.4) is 0 Å². The molecule has 0 aromatic rings. The Morgan fingerprint density at radius 3 is 1.00 bits per heavy atom. The van der Waals surface area contributed by atoms with Crippen molar-refractivity contribution >= 4 is 11.9 Å². The van der Waals surface area contributed by atoms with Crippen LogP contribution in [0, 0.1) is 0 Å². The third kappa shape index (κ3) is 65.1. The van der Waals surface area contributed by atoms with Crippen molar-refractivity contribution in [2.75, 3.05) is 13.2 Å². The predicted molar refractivity (Wildman–Crippen MR) is 347 cm³/mol. The number of hydrogen-bond donors (Lipinski definition) is 3. The average molecular weight is 1110 g/mol. The Kier molecular flexibility index (Phi) is 66.9. The van der Waals surface area contributed by atoms with Gasteiger partial charge in [-0.1, -0.05) is 333 Å². The van der Waals surface area contributed by atoms with E-state index in [1.54, 1.807) is 0 Å². The van der Waals surface area contributed by atoms with Crippen LogP contribution in [0.4, 0.5) is 0 Å². The molecule has 0 rings (SSSR count). The Hall–Kier alpha value is -1.92. The zero-order chi connectivity index (χ0) is 57.1. The Morgan fingerprint density at radius 1 is 0.354 bits per heavy atom. The number of rotatable bonds is 67. The van der Waals surface area contributed by atoms with Crippen LogP contribution in [0.25, 0.3) is 0 Å². The third-order valence-corrected chi connectivity index (χ3v) is 16.7. The molecule has 6 heteroatoms. The standard InChI is InChI=1S/C73H139NO5/c1-3-5-7-9-11-13-15-17-19-21-30-35-39-43-47-51-55-59-63-67-73(78)79-68-64-60-56-52-48-44-40-36-32-29-27-25-23-22-24-26-28-31-34-38-42-46-50-54-58-62-66-72(77)74-70(69-75)71(76)65-61-57-53-49-45-41-37-33-20-18-16-14-12-10-8-6-4-2/h11,13,17,19,22,24,70-71,75-76H,3-10,12,14-16,18,20-21,23,25-69H2,1-2H3,(H,74,77)/b13-11-,19-17-,24-22-. The fraction of sp³-hybridized carbons (Fsp3) is 0.890. The van der Waals surface area contributed by atoms with Gasteiger partial charge in [0.05, 0.1) is 25.4 Å². The fourth-order valence-electron chi connectivity index (χ4n) is 11.2. The van der Waals surface area contributed by atoms with Gasteiger partial charge in [-0.15, -0.1) is 0 Å². The van der Waals surface area contributed by atoms with Crippen LogP contribution in [0.5, 0.6) is 0 Å². The molecule has 0 aliphatic rings. The number of carbonyl (C=O) groups is 2. The van der Waals surface area contributed by atoms with Gasteiger partial charge in [-0.3, -0.25) is 9.59 Å². The molecule has 1 amide bonds. The highest BCUT2D eigenvalue weighted by Crippen LogP contribution is 2.19. The Morgan fingerprint density at radius 2 is 0.633 bits per heavy atom. The molecule has 0 aliphatic heterocycles. The van der Waals surface area contributed by atoms with E-state index in [9.17, 15) is 19.8 Å². The Labute approximate surface area is 494 Å². The van der Waals surface area contributed by atoms with Gasteiger partial charge in [0.25, 0.3) is 0 Å². The topological polar surface area (TPSA) is 95.9 Å². The molecule has 0 heterocycles. The first-order valence-electron chi connectivity index (χ1n) is 35.7. The largest absolute Gasteiger partial charge is 0.466 e. The molecule has 79 heavy (non-hydrogen) atoms. The van der Waals surface area contributed by atoms with Crippen molar-refractivity contribution in [3.8, 4) is 0 Å². The first-order chi connectivity index (χ1) is 39.0. The lowest BCUT2D eigenvalue weighted by molar-refractivity contribution is -0.143. The molecule has 0 saturated heterocycles. The molecule has 0 radical (unpaired) electrons. The van der Waals surface area contributed by atoms with Crippen LogP contribution in [-0.2, 0) is 14.3 Å². The SMILES string of the molecule is CCCCC/C=C\C/C=C\CCCCCCCCCCCC(=O)OCCCCCCCCCCCCCC/C=C\CCCCCCCCCCCCC(=O)NC(CO)C(O)CCCCCCCCCCCCCCCCCCC. The van der Waals surface area contributed by atoms with Gasteiger partial charge in [0, 0.05) is 12.8 Å². The minimum Gasteiger partial charge on any atom is -0.466 e. The summed E-state index contributed by atoms with van der Waals surface area (Å²) in [5, 5.41) is 23.4. The number of aliphatic hydroxyl groups is 2. The van der Waals surface area contributed by atoms with E-state index in [-0.39, 0.29) is 18.5 Å². The van der Waals surface area contributed by atoms with Crippen molar-refractivity contribution < 1.29 is 24.5 Å².